The molecule has 82 valence electrons. The standard InChI is InChI=1S/C12H15ClO2/c1-8(2)11(7-14)12(15)9-3-5-10(13)6-4-9/h3-6,8,11,14H,7H2,1-2H3. The zero-order chi connectivity index (χ0) is 11.4. The van der Waals surface area contributed by atoms with Crippen molar-refractivity contribution in [1.82, 2.24) is 0 Å². The number of hydrogen-bond acceptors (Lipinski definition) is 2. The number of hydrogen-bond donors (Lipinski definition) is 1. The number of ketones is 1. The third kappa shape index (κ3) is 3.05. The summed E-state index contributed by atoms with van der Waals surface area (Å²) >= 11 is 5.73. The molecule has 0 aromatic heterocycles. The molecular formula is C12H15ClO2. The highest BCUT2D eigenvalue weighted by Gasteiger charge is 2.22. The lowest BCUT2D eigenvalue weighted by Gasteiger charge is -2.16. The maximum atomic E-state index is 11.9. The van der Waals surface area contributed by atoms with Crippen molar-refractivity contribution >= 4 is 17.4 Å². The molecule has 3 heteroatoms. The van der Waals surface area contributed by atoms with Gasteiger partial charge in [0.2, 0.25) is 0 Å². The first kappa shape index (κ1) is 12.2. The van der Waals surface area contributed by atoms with Crippen LogP contribution < -0.4 is 0 Å². The van der Waals surface area contributed by atoms with E-state index in [-0.39, 0.29) is 24.2 Å². The Hall–Kier alpha value is -0.860. The lowest BCUT2D eigenvalue weighted by Crippen LogP contribution is -2.23. The minimum absolute atomic E-state index is 0.0239. The molecule has 15 heavy (non-hydrogen) atoms. The van der Waals surface area contributed by atoms with Crippen molar-refractivity contribution in [3.63, 3.8) is 0 Å². The van der Waals surface area contributed by atoms with Gasteiger partial charge < -0.3 is 5.11 Å². The second kappa shape index (κ2) is 5.29. The van der Waals surface area contributed by atoms with E-state index in [1.54, 1.807) is 24.3 Å². The Balaban J connectivity index is 2.88. The largest absolute Gasteiger partial charge is 0.396 e. The number of aliphatic hydroxyl groups is 1. The Bertz CT molecular complexity index is 330. The lowest BCUT2D eigenvalue weighted by molar-refractivity contribution is 0.0807. The topological polar surface area (TPSA) is 37.3 Å². The Morgan fingerprint density at radius 2 is 1.87 bits per heavy atom. The predicted molar refractivity (Wildman–Crippen MR) is 61.2 cm³/mol. The maximum Gasteiger partial charge on any atom is 0.168 e. The van der Waals surface area contributed by atoms with Gasteiger partial charge in [0.1, 0.15) is 0 Å². The molecule has 0 spiro atoms. The average Bonchev–Trinajstić information content (AvgIpc) is 2.19. The minimum atomic E-state index is -0.328. The summed E-state index contributed by atoms with van der Waals surface area (Å²) in [7, 11) is 0. The highest BCUT2D eigenvalue weighted by Crippen LogP contribution is 2.18. The van der Waals surface area contributed by atoms with Crippen LogP contribution in [0, 0.1) is 11.8 Å². The molecule has 0 radical (unpaired) electrons. The summed E-state index contributed by atoms with van der Waals surface area (Å²) in [5.41, 5.74) is 0.604. The smallest absolute Gasteiger partial charge is 0.168 e. The molecule has 1 unspecified atom stereocenters. The van der Waals surface area contributed by atoms with Gasteiger partial charge in [-0.3, -0.25) is 4.79 Å². The van der Waals surface area contributed by atoms with Gasteiger partial charge in [0.25, 0.3) is 0 Å². The lowest BCUT2D eigenvalue weighted by atomic mass is 9.89. The van der Waals surface area contributed by atoms with Crippen LogP contribution in [0.1, 0.15) is 24.2 Å². The molecule has 1 aromatic rings. The Morgan fingerprint density at radius 1 is 1.33 bits per heavy atom. The van der Waals surface area contributed by atoms with E-state index in [9.17, 15) is 4.79 Å². The van der Waals surface area contributed by atoms with Crippen molar-refractivity contribution in [2.45, 2.75) is 13.8 Å². The van der Waals surface area contributed by atoms with Gasteiger partial charge in [-0.15, -0.1) is 0 Å². The van der Waals surface area contributed by atoms with Crippen LogP contribution in [-0.4, -0.2) is 17.5 Å². The van der Waals surface area contributed by atoms with Crippen molar-refractivity contribution in [2.24, 2.45) is 11.8 Å². The Morgan fingerprint density at radius 3 is 2.27 bits per heavy atom. The van der Waals surface area contributed by atoms with Crippen molar-refractivity contribution in [3.05, 3.63) is 34.9 Å². The van der Waals surface area contributed by atoms with Crippen LogP contribution in [-0.2, 0) is 0 Å². The van der Waals surface area contributed by atoms with Crippen molar-refractivity contribution in [1.29, 1.82) is 0 Å². The Kier molecular flexibility index (Phi) is 4.30. The van der Waals surface area contributed by atoms with Gasteiger partial charge in [0, 0.05) is 16.5 Å². The van der Waals surface area contributed by atoms with Crippen LogP contribution in [0.4, 0.5) is 0 Å². The maximum absolute atomic E-state index is 11.9. The molecule has 0 saturated heterocycles. The molecule has 0 aliphatic carbocycles. The fourth-order valence-electron chi connectivity index (χ4n) is 1.42. The zero-order valence-corrected chi connectivity index (χ0v) is 9.66. The quantitative estimate of drug-likeness (QED) is 0.802. The van der Waals surface area contributed by atoms with Crippen LogP contribution in [0.3, 0.4) is 0 Å². The number of benzene rings is 1. The van der Waals surface area contributed by atoms with Crippen molar-refractivity contribution in [2.75, 3.05) is 6.61 Å². The van der Waals surface area contributed by atoms with Gasteiger partial charge in [-0.25, -0.2) is 0 Å². The van der Waals surface area contributed by atoms with Crippen LogP contribution in [0.25, 0.3) is 0 Å². The van der Waals surface area contributed by atoms with E-state index < -0.39 is 0 Å². The summed E-state index contributed by atoms with van der Waals surface area (Å²) in [6.07, 6.45) is 0. The van der Waals surface area contributed by atoms with E-state index in [2.05, 4.69) is 0 Å². The third-order valence-corrected chi connectivity index (χ3v) is 2.72. The van der Waals surface area contributed by atoms with Gasteiger partial charge in [-0.05, 0) is 30.2 Å². The highest BCUT2D eigenvalue weighted by molar-refractivity contribution is 6.30. The molecule has 0 fully saturated rings. The first-order valence-electron chi connectivity index (χ1n) is 4.97. The first-order valence-corrected chi connectivity index (χ1v) is 5.34. The molecule has 0 aliphatic heterocycles. The molecule has 1 atom stereocenters. The molecule has 1 N–H and O–H groups in total. The third-order valence-electron chi connectivity index (χ3n) is 2.47. The van der Waals surface area contributed by atoms with E-state index in [0.717, 1.165) is 0 Å². The molecule has 0 amide bonds. The monoisotopic (exact) mass is 226 g/mol. The van der Waals surface area contributed by atoms with Gasteiger partial charge in [-0.2, -0.15) is 0 Å². The number of carbonyl (C=O) groups excluding carboxylic acids is 1. The molecule has 0 aliphatic rings. The van der Waals surface area contributed by atoms with Gasteiger partial charge in [0.05, 0.1) is 6.61 Å². The van der Waals surface area contributed by atoms with Crippen molar-refractivity contribution < 1.29 is 9.90 Å². The molecule has 0 saturated carbocycles. The zero-order valence-electron chi connectivity index (χ0n) is 8.90. The van der Waals surface area contributed by atoms with E-state index >= 15 is 0 Å². The van der Waals surface area contributed by atoms with Crippen LogP contribution in [0.15, 0.2) is 24.3 Å². The molecule has 0 heterocycles. The summed E-state index contributed by atoms with van der Waals surface area (Å²) in [6, 6.07) is 6.75. The average molecular weight is 227 g/mol. The fraction of sp³-hybridized carbons (Fsp3) is 0.417. The second-order valence-electron chi connectivity index (χ2n) is 3.90. The van der Waals surface area contributed by atoms with Crippen LogP contribution >= 0.6 is 11.6 Å². The summed E-state index contributed by atoms with van der Waals surface area (Å²) in [5.74, 6) is -0.214. The summed E-state index contributed by atoms with van der Waals surface area (Å²) < 4.78 is 0. The van der Waals surface area contributed by atoms with E-state index in [0.29, 0.717) is 10.6 Å². The number of Topliss-reactive ketones (excluding diaryl/α,β-unsaturated/α-hetero) is 1. The molecule has 0 bridgehead atoms. The predicted octanol–water partition coefficient (Wildman–Crippen LogP) is 2.79. The second-order valence-corrected chi connectivity index (χ2v) is 4.34. The van der Waals surface area contributed by atoms with Gasteiger partial charge in [-0.1, -0.05) is 25.4 Å². The SMILES string of the molecule is CC(C)C(CO)C(=O)c1ccc(Cl)cc1. The highest BCUT2D eigenvalue weighted by atomic mass is 35.5. The van der Waals surface area contributed by atoms with Gasteiger partial charge >= 0.3 is 0 Å². The first-order chi connectivity index (χ1) is 7.06. The Labute approximate surface area is 94.9 Å². The fourth-order valence-corrected chi connectivity index (χ4v) is 1.55. The molecule has 1 aromatic carbocycles. The summed E-state index contributed by atoms with van der Waals surface area (Å²) in [6.45, 7) is 3.74. The van der Waals surface area contributed by atoms with Gasteiger partial charge in [0.15, 0.2) is 5.78 Å². The number of rotatable bonds is 4. The minimum Gasteiger partial charge on any atom is -0.396 e. The van der Waals surface area contributed by atoms with Crippen LogP contribution in [0.5, 0.6) is 0 Å². The van der Waals surface area contributed by atoms with Crippen molar-refractivity contribution in [3.8, 4) is 0 Å². The van der Waals surface area contributed by atoms with E-state index in [1.807, 2.05) is 13.8 Å². The normalized spacial score (nSPS) is 12.9. The number of carbonyl (C=O) groups is 1. The number of aliphatic hydroxyl groups excluding tert-OH is 1. The summed E-state index contributed by atoms with van der Waals surface area (Å²) in [5, 5.41) is 9.74. The number of halogens is 1. The van der Waals surface area contributed by atoms with Crippen LogP contribution in [0.2, 0.25) is 5.02 Å². The summed E-state index contributed by atoms with van der Waals surface area (Å²) in [4.78, 5) is 11.9. The molecular weight excluding hydrogens is 212 g/mol. The molecule has 2 nitrogen and oxygen atoms in total. The van der Waals surface area contributed by atoms with E-state index in [1.165, 1.54) is 0 Å². The van der Waals surface area contributed by atoms with E-state index in [4.69, 9.17) is 16.7 Å². The molecule has 1 rings (SSSR count).